The van der Waals surface area contributed by atoms with Crippen molar-refractivity contribution in [2.75, 3.05) is 7.11 Å². The zero-order valence-electron chi connectivity index (χ0n) is 15.9. The van der Waals surface area contributed by atoms with Crippen LogP contribution in [0.3, 0.4) is 0 Å². The molecule has 0 saturated carbocycles. The molecule has 0 aliphatic rings. The zero-order chi connectivity index (χ0) is 19.4. The molecule has 1 unspecified atom stereocenters. The molecule has 1 aromatic heterocycles. The standard InChI is InChI=1S/C24H21N3O/c1-3-12-23(27-22-18-11-10-17-21(22)25-26-27)24(28-2,19-13-6-4-7-14-19)20-15-8-5-9-16-20/h4-11,13-18,23H,1-2H3. The summed E-state index contributed by atoms with van der Waals surface area (Å²) in [4.78, 5) is 0. The molecule has 0 aliphatic carbocycles. The van der Waals surface area contributed by atoms with Crippen LogP contribution in [0.4, 0.5) is 0 Å². The van der Waals surface area contributed by atoms with Gasteiger partial charge in [-0.25, -0.2) is 4.68 Å². The summed E-state index contributed by atoms with van der Waals surface area (Å²) in [6.07, 6.45) is 0. The Balaban J connectivity index is 2.04. The number of para-hydroxylation sites is 1. The molecule has 4 rings (SSSR count). The number of hydrogen-bond acceptors (Lipinski definition) is 3. The average Bonchev–Trinajstić information content (AvgIpc) is 3.19. The SMILES string of the molecule is CC#CC(n1nnc2ccccc21)C(OC)(c1ccccc1)c1ccccc1. The Labute approximate surface area is 164 Å². The van der Waals surface area contributed by atoms with Crippen LogP contribution in [0.1, 0.15) is 24.1 Å². The van der Waals surface area contributed by atoms with Gasteiger partial charge in [-0.3, -0.25) is 0 Å². The molecule has 0 aliphatic heterocycles. The number of ether oxygens (including phenoxy) is 1. The van der Waals surface area contributed by atoms with E-state index in [0.29, 0.717) is 0 Å². The summed E-state index contributed by atoms with van der Waals surface area (Å²) >= 11 is 0. The first-order valence-corrected chi connectivity index (χ1v) is 9.19. The summed E-state index contributed by atoms with van der Waals surface area (Å²) in [7, 11) is 1.73. The fourth-order valence-electron chi connectivity index (χ4n) is 3.75. The highest BCUT2D eigenvalue weighted by atomic mass is 16.5. The van der Waals surface area contributed by atoms with Crippen LogP contribution >= 0.6 is 0 Å². The molecule has 138 valence electrons. The van der Waals surface area contributed by atoms with Crippen molar-refractivity contribution in [3.8, 4) is 11.8 Å². The number of benzene rings is 3. The van der Waals surface area contributed by atoms with E-state index in [0.717, 1.165) is 22.2 Å². The predicted molar refractivity (Wildman–Crippen MR) is 111 cm³/mol. The van der Waals surface area contributed by atoms with E-state index in [2.05, 4.69) is 46.4 Å². The fourth-order valence-corrected chi connectivity index (χ4v) is 3.75. The Kier molecular flexibility index (Phi) is 4.92. The monoisotopic (exact) mass is 367 g/mol. The lowest BCUT2D eigenvalue weighted by molar-refractivity contribution is -0.00868. The summed E-state index contributed by atoms with van der Waals surface area (Å²) in [5.41, 5.74) is 2.93. The minimum atomic E-state index is -0.845. The van der Waals surface area contributed by atoms with Gasteiger partial charge in [-0.15, -0.1) is 11.0 Å². The summed E-state index contributed by atoms with van der Waals surface area (Å²) in [6.45, 7) is 1.84. The summed E-state index contributed by atoms with van der Waals surface area (Å²) in [5.74, 6) is 6.43. The second-order valence-electron chi connectivity index (χ2n) is 6.49. The molecule has 1 atom stereocenters. The third kappa shape index (κ3) is 2.87. The van der Waals surface area contributed by atoms with Gasteiger partial charge >= 0.3 is 0 Å². The van der Waals surface area contributed by atoms with Gasteiger partial charge in [0.2, 0.25) is 0 Å². The van der Waals surface area contributed by atoms with E-state index in [1.165, 1.54) is 0 Å². The molecule has 4 nitrogen and oxygen atoms in total. The lowest BCUT2D eigenvalue weighted by Gasteiger charge is -2.38. The number of nitrogens with zero attached hydrogens (tertiary/aromatic N) is 3. The van der Waals surface area contributed by atoms with Crippen LogP contribution < -0.4 is 0 Å². The molecule has 4 aromatic rings. The topological polar surface area (TPSA) is 39.9 Å². The zero-order valence-corrected chi connectivity index (χ0v) is 15.9. The highest BCUT2D eigenvalue weighted by Gasteiger charge is 2.44. The van der Waals surface area contributed by atoms with Gasteiger partial charge in [0.05, 0.1) is 5.52 Å². The van der Waals surface area contributed by atoms with Crippen molar-refractivity contribution < 1.29 is 4.74 Å². The maximum absolute atomic E-state index is 6.31. The van der Waals surface area contributed by atoms with Crippen LogP contribution in [-0.2, 0) is 10.3 Å². The summed E-state index contributed by atoms with van der Waals surface area (Å²) in [6, 6.07) is 27.8. The van der Waals surface area contributed by atoms with Gasteiger partial charge in [-0.05, 0) is 30.2 Å². The average molecular weight is 367 g/mol. The second kappa shape index (κ2) is 7.67. The first-order chi connectivity index (χ1) is 13.8. The molecule has 1 heterocycles. The molecule has 0 radical (unpaired) electrons. The van der Waals surface area contributed by atoms with E-state index < -0.39 is 11.6 Å². The minimum absolute atomic E-state index is 0.403. The van der Waals surface area contributed by atoms with E-state index in [4.69, 9.17) is 4.74 Å². The largest absolute Gasteiger partial charge is 0.365 e. The van der Waals surface area contributed by atoms with Gasteiger partial charge in [0.25, 0.3) is 0 Å². The van der Waals surface area contributed by atoms with E-state index in [1.807, 2.05) is 72.3 Å². The molecule has 4 heteroatoms. The number of rotatable bonds is 5. The Bertz CT molecular complexity index is 1080. The molecule has 0 fully saturated rings. The van der Waals surface area contributed by atoms with Gasteiger partial charge in [0.1, 0.15) is 5.52 Å². The first-order valence-electron chi connectivity index (χ1n) is 9.19. The molecule has 0 amide bonds. The van der Waals surface area contributed by atoms with E-state index in [-0.39, 0.29) is 0 Å². The molecule has 0 N–H and O–H groups in total. The van der Waals surface area contributed by atoms with E-state index >= 15 is 0 Å². The number of methoxy groups -OCH3 is 1. The van der Waals surface area contributed by atoms with Gasteiger partial charge in [0.15, 0.2) is 11.6 Å². The van der Waals surface area contributed by atoms with Crippen LogP contribution in [-0.4, -0.2) is 22.1 Å². The van der Waals surface area contributed by atoms with Crippen molar-refractivity contribution in [2.45, 2.75) is 18.6 Å². The smallest absolute Gasteiger partial charge is 0.152 e. The third-order valence-corrected chi connectivity index (χ3v) is 5.02. The van der Waals surface area contributed by atoms with Crippen molar-refractivity contribution in [2.24, 2.45) is 0 Å². The summed E-state index contributed by atoms with van der Waals surface area (Å²) < 4.78 is 8.18. The molecule has 3 aromatic carbocycles. The molecular weight excluding hydrogens is 346 g/mol. The third-order valence-electron chi connectivity index (χ3n) is 5.02. The van der Waals surface area contributed by atoms with Gasteiger partial charge in [-0.1, -0.05) is 83.9 Å². The number of fused-ring (bicyclic) bond motifs is 1. The van der Waals surface area contributed by atoms with Crippen LogP contribution in [0.25, 0.3) is 11.0 Å². The normalized spacial score (nSPS) is 12.4. The van der Waals surface area contributed by atoms with E-state index in [1.54, 1.807) is 7.11 Å². The Morgan fingerprint density at radius 1 is 0.857 bits per heavy atom. The van der Waals surface area contributed by atoms with Gasteiger partial charge in [0, 0.05) is 7.11 Å². The van der Waals surface area contributed by atoms with Crippen molar-refractivity contribution in [3.05, 3.63) is 96.1 Å². The fraction of sp³-hybridized carbons (Fsp3) is 0.167. The predicted octanol–water partition coefficient (Wildman–Crippen LogP) is 4.59. The van der Waals surface area contributed by atoms with Crippen LogP contribution in [0, 0.1) is 11.8 Å². The number of aromatic nitrogens is 3. The lowest BCUT2D eigenvalue weighted by Crippen LogP contribution is -2.40. The van der Waals surface area contributed by atoms with Crippen molar-refractivity contribution in [3.63, 3.8) is 0 Å². The molecule has 0 spiro atoms. The first kappa shape index (κ1) is 18.0. The summed E-state index contributed by atoms with van der Waals surface area (Å²) in [5, 5.41) is 8.81. The molecule has 0 saturated heterocycles. The quantitative estimate of drug-likeness (QED) is 0.485. The maximum Gasteiger partial charge on any atom is 0.152 e. The van der Waals surface area contributed by atoms with Crippen LogP contribution in [0.2, 0.25) is 0 Å². The highest BCUT2D eigenvalue weighted by Crippen LogP contribution is 2.43. The molecule has 28 heavy (non-hydrogen) atoms. The van der Waals surface area contributed by atoms with Gasteiger partial charge in [-0.2, -0.15) is 0 Å². The van der Waals surface area contributed by atoms with Crippen molar-refractivity contribution in [1.29, 1.82) is 0 Å². The Hall–Kier alpha value is -3.42. The van der Waals surface area contributed by atoms with Crippen LogP contribution in [0.15, 0.2) is 84.9 Å². The maximum atomic E-state index is 6.31. The van der Waals surface area contributed by atoms with Crippen LogP contribution in [0.5, 0.6) is 0 Å². The Morgan fingerprint density at radius 2 is 1.43 bits per heavy atom. The van der Waals surface area contributed by atoms with Crippen molar-refractivity contribution in [1.82, 2.24) is 15.0 Å². The Morgan fingerprint density at radius 3 is 2.00 bits per heavy atom. The minimum Gasteiger partial charge on any atom is -0.365 e. The van der Waals surface area contributed by atoms with Crippen molar-refractivity contribution >= 4 is 11.0 Å². The lowest BCUT2D eigenvalue weighted by atomic mass is 9.80. The highest BCUT2D eigenvalue weighted by molar-refractivity contribution is 5.74. The molecular formula is C24H21N3O. The number of hydrogen-bond donors (Lipinski definition) is 0. The van der Waals surface area contributed by atoms with Gasteiger partial charge < -0.3 is 4.74 Å². The second-order valence-corrected chi connectivity index (χ2v) is 6.49. The van der Waals surface area contributed by atoms with E-state index in [9.17, 15) is 0 Å². The molecule has 0 bridgehead atoms.